The maximum absolute atomic E-state index is 13.1. The summed E-state index contributed by atoms with van der Waals surface area (Å²) in [5.41, 5.74) is 4.20. The van der Waals surface area contributed by atoms with Crippen LogP contribution in [0.5, 0.6) is 0 Å². The summed E-state index contributed by atoms with van der Waals surface area (Å²) in [4.78, 5) is 30.5. The molecule has 2 amide bonds. The lowest BCUT2D eigenvalue weighted by Crippen LogP contribution is -2.19. The minimum absolute atomic E-state index is 0.236. The van der Waals surface area contributed by atoms with Crippen LogP contribution in [-0.2, 0) is 7.05 Å². The Hall–Kier alpha value is -3.23. The van der Waals surface area contributed by atoms with Crippen molar-refractivity contribution >= 4 is 55.8 Å². The number of fused-ring (bicyclic) bond motifs is 1. The second kappa shape index (κ2) is 8.13. The summed E-state index contributed by atoms with van der Waals surface area (Å²) in [6, 6.07) is 11.2. The lowest BCUT2D eigenvalue weighted by molar-refractivity contribution is 0.102. The van der Waals surface area contributed by atoms with Crippen molar-refractivity contribution in [1.82, 2.24) is 14.8 Å². The number of nitrogens with one attached hydrogen (secondary N) is 2. The molecule has 158 valence electrons. The third-order valence-corrected chi connectivity index (χ3v) is 6.35. The molecule has 0 saturated heterocycles. The number of nitrogens with zero attached hydrogens (tertiary/aromatic N) is 3. The first-order chi connectivity index (χ1) is 14.8. The monoisotopic (exact) mass is 453 g/mol. The summed E-state index contributed by atoms with van der Waals surface area (Å²) in [7, 11) is 1.67. The number of halogens is 1. The lowest BCUT2D eigenvalue weighted by Gasteiger charge is -2.13. The number of amides is 2. The molecule has 4 aromatic rings. The Kier molecular flexibility index (Phi) is 5.51. The van der Waals surface area contributed by atoms with Gasteiger partial charge in [0.2, 0.25) is 0 Å². The number of aryl methyl sites for hydroxylation is 4. The van der Waals surface area contributed by atoms with Crippen LogP contribution in [0.15, 0.2) is 36.4 Å². The maximum Gasteiger partial charge on any atom is 0.260 e. The van der Waals surface area contributed by atoms with Gasteiger partial charge in [-0.1, -0.05) is 47.2 Å². The van der Waals surface area contributed by atoms with Gasteiger partial charge in [0.05, 0.1) is 32.7 Å². The van der Waals surface area contributed by atoms with Crippen molar-refractivity contribution < 1.29 is 9.59 Å². The minimum Gasteiger partial charge on any atom is -0.321 e. The maximum atomic E-state index is 13.1. The zero-order valence-electron chi connectivity index (χ0n) is 17.4. The molecule has 7 nitrogen and oxygen atoms in total. The van der Waals surface area contributed by atoms with E-state index in [0.717, 1.165) is 21.3 Å². The average Bonchev–Trinajstić information content (AvgIpc) is 3.23. The van der Waals surface area contributed by atoms with Crippen LogP contribution in [0.2, 0.25) is 5.15 Å². The van der Waals surface area contributed by atoms with Crippen LogP contribution >= 0.6 is 22.9 Å². The molecule has 2 heterocycles. The van der Waals surface area contributed by atoms with E-state index in [9.17, 15) is 9.59 Å². The van der Waals surface area contributed by atoms with E-state index in [1.807, 2.05) is 38.1 Å². The van der Waals surface area contributed by atoms with E-state index >= 15 is 0 Å². The molecule has 0 bridgehead atoms. The second-order valence-corrected chi connectivity index (χ2v) is 8.61. The average molecular weight is 454 g/mol. The number of benzene rings is 2. The zero-order valence-corrected chi connectivity index (χ0v) is 19.0. The molecule has 2 aromatic heterocycles. The molecule has 0 spiro atoms. The standard InChI is InChI=1S/C22H20ClN5O2S/c1-11-7-5-9-14(17(11)24-21(30)16-13(3)27-28(4)19(16)23)20(29)26-22-25-18-12(2)8-6-10-15(18)31-22/h5-10H,1-4H3,(H,24,30)(H,25,26,29). The first-order valence-electron chi connectivity index (χ1n) is 9.54. The van der Waals surface area contributed by atoms with Crippen molar-refractivity contribution in [3.8, 4) is 0 Å². The molecule has 0 saturated carbocycles. The fourth-order valence-electron chi connectivity index (χ4n) is 3.39. The molecule has 0 atom stereocenters. The van der Waals surface area contributed by atoms with Crippen LogP contribution < -0.4 is 10.6 Å². The number of thiazole rings is 1. The number of aromatic nitrogens is 3. The van der Waals surface area contributed by atoms with Crippen LogP contribution in [0.3, 0.4) is 0 Å². The number of carbonyl (C=O) groups is 2. The van der Waals surface area contributed by atoms with Gasteiger partial charge in [0.1, 0.15) is 5.15 Å². The highest BCUT2D eigenvalue weighted by Gasteiger charge is 2.22. The molecule has 0 fully saturated rings. The lowest BCUT2D eigenvalue weighted by atomic mass is 10.1. The van der Waals surface area contributed by atoms with Gasteiger partial charge in [0, 0.05) is 7.05 Å². The summed E-state index contributed by atoms with van der Waals surface area (Å²) >= 11 is 7.63. The molecule has 0 radical (unpaired) electrons. The quantitative estimate of drug-likeness (QED) is 0.449. The normalized spacial score (nSPS) is 11.0. The van der Waals surface area contributed by atoms with E-state index < -0.39 is 5.91 Å². The molecule has 0 aliphatic rings. The van der Waals surface area contributed by atoms with Gasteiger partial charge in [0.25, 0.3) is 11.8 Å². The van der Waals surface area contributed by atoms with Gasteiger partial charge in [-0.2, -0.15) is 5.10 Å². The fraction of sp³-hybridized carbons (Fsp3) is 0.182. The van der Waals surface area contributed by atoms with Crippen LogP contribution in [0.1, 0.15) is 37.5 Å². The van der Waals surface area contributed by atoms with E-state index in [4.69, 9.17) is 11.6 Å². The van der Waals surface area contributed by atoms with Crippen molar-refractivity contribution in [2.45, 2.75) is 20.8 Å². The van der Waals surface area contributed by atoms with Gasteiger partial charge in [-0.3, -0.25) is 19.6 Å². The van der Waals surface area contributed by atoms with E-state index in [-0.39, 0.29) is 16.6 Å². The first kappa shape index (κ1) is 21.0. The molecule has 0 aliphatic carbocycles. The number of anilines is 2. The van der Waals surface area contributed by atoms with Crippen LogP contribution in [0.4, 0.5) is 10.8 Å². The number of carbonyl (C=O) groups excluding carboxylic acids is 2. The Morgan fingerprint density at radius 1 is 1.00 bits per heavy atom. The molecule has 2 N–H and O–H groups in total. The number of rotatable bonds is 4. The molecule has 9 heteroatoms. The molecule has 2 aromatic carbocycles. The summed E-state index contributed by atoms with van der Waals surface area (Å²) in [5.74, 6) is -0.778. The highest BCUT2D eigenvalue weighted by atomic mass is 35.5. The predicted molar refractivity (Wildman–Crippen MR) is 124 cm³/mol. The summed E-state index contributed by atoms with van der Waals surface area (Å²) in [5, 5.41) is 10.6. The molecule has 4 rings (SSSR count). The SMILES string of the molecule is Cc1cccc(C(=O)Nc2nc3c(C)cccc3s2)c1NC(=O)c1c(C)nn(C)c1Cl. The topological polar surface area (TPSA) is 88.9 Å². The molecular formula is C22H20ClN5O2S. The van der Waals surface area contributed by atoms with Gasteiger partial charge in [-0.25, -0.2) is 4.98 Å². The molecule has 0 unspecified atom stereocenters. The van der Waals surface area contributed by atoms with Gasteiger partial charge < -0.3 is 5.32 Å². The zero-order chi connectivity index (χ0) is 22.3. The Morgan fingerprint density at radius 2 is 1.71 bits per heavy atom. The van der Waals surface area contributed by atoms with Gasteiger partial charge in [0.15, 0.2) is 5.13 Å². The Labute approximate surface area is 188 Å². The summed E-state index contributed by atoms with van der Waals surface area (Å²) in [6.45, 7) is 5.51. The highest BCUT2D eigenvalue weighted by molar-refractivity contribution is 7.22. The van der Waals surface area contributed by atoms with Gasteiger partial charge in [-0.15, -0.1) is 0 Å². The number of hydrogen-bond acceptors (Lipinski definition) is 5. The van der Waals surface area contributed by atoms with Crippen molar-refractivity contribution in [2.24, 2.45) is 7.05 Å². The van der Waals surface area contributed by atoms with Crippen LogP contribution in [0, 0.1) is 20.8 Å². The van der Waals surface area contributed by atoms with Crippen molar-refractivity contribution in [3.05, 3.63) is 69.5 Å². The van der Waals surface area contributed by atoms with E-state index in [1.54, 1.807) is 26.1 Å². The summed E-state index contributed by atoms with van der Waals surface area (Å²) in [6.07, 6.45) is 0. The fourth-order valence-corrected chi connectivity index (χ4v) is 4.59. The van der Waals surface area contributed by atoms with Crippen molar-refractivity contribution in [1.29, 1.82) is 0 Å². The summed E-state index contributed by atoms with van der Waals surface area (Å²) < 4.78 is 2.43. The predicted octanol–water partition coefficient (Wildman–Crippen LogP) is 5.11. The van der Waals surface area contributed by atoms with E-state index in [1.165, 1.54) is 16.0 Å². The number of para-hydroxylation sites is 2. The first-order valence-corrected chi connectivity index (χ1v) is 10.7. The second-order valence-electron chi connectivity index (χ2n) is 7.22. The highest BCUT2D eigenvalue weighted by Crippen LogP contribution is 2.30. The molecular weight excluding hydrogens is 434 g/mol. The molecule has 0 aliphatic heterocycles. The van der Waals surface area contributed by atoms with Gasteiger partial charge in [-0.05, 0) is 44.0 Å². The van der Waals surface area contributed by atoms with Crippen molar-refractivity contribution in [3.63, 3.8) is 0 Å². The Morgan fingerprint density at radius 3 is 2.39 bits per heavy atom. The third kappa shape index (κ3) is 3.92. The Balaban J connectivity index is 1.64. The third-order valence-electron chi connectivity index (χ3n) is 4.98. The number of hydrogen-bond donors (Lipinski definition) is 2. The van der Waals surface area contributed by atoms with Crippen LogP contribution in [-0.4, -0.2) is 26.6 Å². The van der Waals surface area contributed by atoms with E-state index in [2.05, 4.69) is 20.7 Å². The van der Waals surface area contributed by atoms with Crippen LogP contribution in [0.25, 0.3) is 10.2 Å². The van der Waals surface area contributed by atoms with E-state index in [0.29, 0.717) is 22.1 Å². The van der Waals surface area contributed by atoms with Crippen molar-refractivity contribution in [2.75, 3.05) is 10.6 Å². The minimum atomic E-state index is -0.422. The van der Waals surface area contributed by atoms with Gasteiger partial charge >= 0.3 is 0 Å². The Bertz CT molecular complexity index is 1340. The molecule has 31 heavy (non-hydrogen) atoms. The smallest absolute Gasteiger partial charge is 0.260 e. The largest absolute Gasteiger partial charge is 0.321 e.